The molecule has 2 aromatic heterocycles. The van der Waals surface area contributed by atoms with E-state index < -0.39 is 0 Å². The van der Waals surface area contributed by atoms with Gasteiger partial charge in [-0.15, -0.1) is 0 Å². The van der Waals surface area contributed by atoms with Crippen molar-refractivity contribution in [1.29, 1.82) is 0 Å². The Labute approximate surface area is 171 Å². The monoisotopic (exact) mass is 477 g/mol. The summed E-state index contributed by atoms with van der Waals surface area (Å²) in [5.74, 6) is 2.79. The maximum atomic E-state index is 6.28. The van der Waals surface area contributed by atoms with Gasteiger partial charge in [0.25, 0.3) is 0 Å². The van der Waals surface area contributed by atoms with Crippen LogP contribution in [-0.4, -0.2) is 33.9 Å². The van der Waals surface area contributed by atoms with Gasteiger partial charge in [0.2, 0.25) is 5.75 Å². The smallest absolute Gasteiger partial charge is 0.204 e. The minimum Gasteiger partial charge on any atom is -0.493 e. The molecule has 2 atom stereocenters. The lowest BCUT2D eigenvalue weighted by Crippen LogP contribution is -2.39. The summed E-state index contributed by atoms with van der Waals surface area (Å²) in [6.07, 6.45) is 6.26. The van der Waals surface area contributed by atoms with Gasteiger partial charge in [0, 0.05) is 9.77 Å². The molecule has 0 spiro atoms. The first-order valence-corrected chi connectivity index (χ1v) is 10.2. The second-order valence-corrected chi connectivity index (χ2v) is 8.48. The number of nitrogens with zero attached hydrogens (tertiary/aromatic N) is 3. The second kappa shape index (κ2) is 6.54. The molecule has 0 N–H and O–H groups in total. The SMILES string of the molecule is COc1cc(Cn2cnc3cc(I)cnc32)cc2c1OC(C1CC1)C(C)O2. The lowest BCUT2D eigenvalue weighted by atomic mass is 10.1. The van der Waals surface area contributed by atoms with Crippen LogP contribution in [0.2, 0.25) is 0 Å². The highest BCUT2D eigenvalue weighted by molar-refractivity contribution is 14.1. The summed E-state index contributed by atoms with van der Waals surface area (Å²) in [4.78, 5) is 8.98. The van der Waals surface area contributed by atoms with Gasteiger partial charge in [0.05, 0.1) is 20.0 Å². The van der Waals surface area contributed by atoms with Crippen molar-refractivity contribution < 1.29 is 14.2 Å². The summed E-state index contributed by atoms with van der Waals surface area (Å²) in [5, 5.41) is 0. The first-order chi connectivity index (χ1) is 13.1. The number of benzene rings is 1. The normalized spacial score (nSPS) is 21.4. The fourth-order valence-corrected chi connectivity index (χ4v) is 4.15. The molecule has 1 aromatic carbocycles. The third-order valence-corrected chi connectivity index (χ3v) is 5.78. The van der Waals surface area contributed by atoms with Crippen molar-refractivity contribution in [2.24, 2.45) is 5.92 Å². The van der Waals surface area contributed by atoms with Crippen LogP contribution in [0.25, 0.3) is 11.2 Å². The number of fused-ring (bicyclic) bond motifs is 2. The Hall–Kier alpha value is -2.03. The Morgan fingerprint density at radius 2 is 2.07 bits per heavy atom. The van der Waals surface area contributed by atoms with E-state index in [9.17, 15) is 0 Å². The van der Waals surface area contributed by atoms with Crippen LogP contribution >= 0.6 is 22.6 Å². The van der Waals surface area contributed by atoms with Crippen LogP contribution in [0.1, 0.15) is 25.3 Å². The molecular weight excluding hydrogens is 457 g/mol. The molecule has 1 aliphatic heterocycles. The summed E-state index contributed by atoms with van der Waals surface area (Å²) in [6.45, 7) is 2.72. The van der Waals surface area contributed by atoms with Crippen molar-refractivity contribution in [3.05, 3.63) is 39.9 Å². The van der Waals surface area contributed by atoms with Crippen LogP contribution in [0.15, 0.2) is 30.7 Å². The van der Waals surface area contributed by atoms with E-state index in [2.05, 4.69) is 39.5 Å². The van der Waals surface area contributed by atoms with Gasteiger partial charge >= 0.3 is 0 Å². The molecule has 6 nitrogen and oxygen atoms in total. The average Bonchev–Trinajstić information content (AvgIpc) is 3.42. The lowest BCUT2D eigenvalue weighted by Gasteiger charge is -2.33. The molecule has 0 saturated heterocycles. The Bertz CT molecular complexity index is 1020. The van der Waals surface area contributed by atoms with E-state index in [1.54, 1.807) is 7.11 Å². The fourth-order valence-electron chi connectivity index (χ4n) is 3.72. The van der Waals surface area contributed by atoms with Crippen LogP contribution in [0.5, 0.6) is 17.2 Å². The third-order valence-electron chi connectivity index (χ3n) is 5.19. The first-order valence-electron chi connectivity index (χ1n) is 9.13. The van der Waals surface area contributed by atoms with Crippen LogP contribution in [0, 0.1) is 9.49 Å². The summed E-state index contributed by atoms with van der Waals surface area (Å²) in [6, 6.07) is 6.08. The van der Waals surface area contributed by atoms with Crippen LogP contribution in [0.3, 0.4) is 0 Å². The predicted octanol–water partition coefficient (Wildman–Crippen LogP) is 4.03. The number of pyridine rings is 1. The van der Waals surface area contributed by atoms with E-state index in [1.165, 1.54) is 12.8 Å². The third kappa shape index (κ3) is 3.11. The second-order valence-electron chi connectivity index (χ2n) is 7.24. The van der Waals surface area contributed by atoms with Gasteiger partial charge in [0.1, 0.15) is 17.7 Å². The number of ether oxygens (including phenoxy) is 3. The van der Waals surface area contributed by atoms with E-state index in [4.69, 9.17) is 14.2 Å². The molecule has 1 aliphatic carbocycles. The number of halogens is 1. The Balaban J connectivity index is 1.49. The summed E-state index contributed by atoms with van der Waals surface area (Å²) < 4.78 is 21.2. The van der Waals surface area contributed by atoms with Gasteiger partial charge in [-0.05, 0) is 72.0 Å². The van der Waals surface area contributed by atoms with Crippen LogP contribution < -0.4 is 14.2 Å². The maximum absolute atomic E-state index is 6.28. The van der Waals surface area contributed by atoms with E-state index >= 15 is 0 Å². The average molecular weight is 477 g/mol. The highest BCUT2D eigenvalue weighted by Crippen LogP contribution is 2.47. The molecule has 27 heavy (non-hydrogen) atoms. The minimum absolute atomic E-state index is 0.0442. The Kier molecular flexibility index (Phi) is 4.14. The van der Waals surface area contributed by atoms with E-state index in [0.29, 0.717) is 18.2 Å². The molecule has 0 radical (unpaired) electrons. The molecule has 0 amide bonds. The number of methoxy groups -OCH3 is 1. The summed E-state index contributed by atoms with van der Waals surface area (Å²) in [5.41, 5.74) is 2.82. The molecule has 3 aromatic rings. The summed E-state index contributed by atoms with van der Waals surface area (Å²) in [7, 11) is 1.67. The van der Waals surface area contributed by atoms with Gasteiger partial charge in [-0.3, -0.25) is 0 Å². The fraction of sp³-hybridized carbons (Fsp3) is 0.400. The van der Waals surface area contributed by atoms with Crippen molar-refractivity contribution in [1.82, 2.24) is 14.5 Å². The molecule has 3 heterocycles. The van der Waals surface area contributed by atoms with Crippen LogP contribution in [0.4, 0.5) is 0 Å². The Morgan fingerprint density at radius 3 is 2.85 bits per heavy atom. The molecule has 1 fully saturated rings. The van der Waals surface area contributed by atoms with Gasteiger partial charge in [-0.25, -0.2) is 9.97 Å². The van der Waals surface area contributed by atoms with Gasteiger partial charge in [-0.1, -0.05) is 0 Å². The van der Waals surface area contributed by atoms with E-state index in [0.717, 1.165) is 31.8 Å². The number of hydrogen-bond acceptors (Lipinski definition) is 5. The molecule has 2 aliphatic rings. The van der Waals surface area contributed by atoms with Gasteiger partial charge in [-0.2, -0.15) is 0 Å². The highest BCUT2D eigenvalue weighted by atomic mass is 127. The largest absolute Gasteiger partial charge is 0.493 e. The molecule has 2 unspecified atom stereocenters. The van der Waals surface area contributed by atoms with Crippen LogP contribution in [-0.2, 0) is 6.54 Å². The maximum Gasteiger partial charge on any atom is 0.204 e. The van der Waals surface area contributed by atoms with E-state index in [1.807, 2.05) is 35.3 Å². The van der Waals surface area contributed by atoms with Crippen molar-refractivity contribution >= 4 is 33.8 Å². The van der Waals surface area contributed by atoms with Crippen molar-refractivity contribution in [2.75, 3.05) is 7.11 Å². The molecule has 140 valence electrons. The summed E-state index contributed by atoms with van der Waals surface area (Å²) >= 11 is 2.25. The minimum atomic E-state index is 0.0442. The number of aromatic nitrogens is 3. The zero-order valence-electron chi connectivity index (χ0n) is 15.2. The molecule has 7 heteroatoms. The number of hydrogen-bond donors (Lipinski definition) is 0. The highest BCUT2D eigenvalue weighted by Gasteiger charge is 2.41. The van der Waals surface area contributed by atoms with Crippen molar-refractivity contribution in [2.45, 2.75) is 38.5 Å². The standard InChI is InChI=1S/C20H20IN3O3/c1-11-18(13-3-4-13)27-19-16(25-2)5-12(6-17(19)26-11)9-24-10-23-15-7-14(21)8-22-20(15)24/h5-8,10-11,13,18H,3-4,9H2,1-2H3. The molecule has 0 bridgehead atoms. The van der Waals surface area contributed by atoms with Gasteiger partial charge < -0.3 is 18.8 Å². The van der Waals surface area contributed by atoms with Crippen molar-refractivity contribution in [3.63, 3.8) is 0 Å². The number of imidazole rings is 1. The zero-order valence-corrected chi connectivity index (χ0v) is 17.3. The number of rotatable bonds is 4. The quantitative estimate of drug-likeness (QED) is 0.532. The first kappa shape index (κ1) is 17.1. The van der Waals surface area contributed by atoms with E-state index in [-0.39, 0.29) is 12.2 Å². The topological polar surface area (TPSA) is 58.4 Å². The van der Waals surface area contributed by atoms with Crippen molar-refractivity contribution in [3.8, 4) is 17.2 Å². The molecule has 5 rings (SSSR count). The van der Waals surface area contributed by atoms with Gasteiger partial charge in [0.15, 0.2) is 17.1 Å². The Morgan fingerprint density at radius 1 is 1.22 bits per heavy atom. The predicted molar refractivity (Wildman–Crippen MR) is 110 cm³/mol. The molecule has 1 saturated carbocycles. The lowest BCUT2D eigenvalue weighted by molar-refractivity contribution is 0.0161. The zero-order chi connectivity index (χ0) is 18.5. The molecular formula is C20H20IN3O3.